The maximum atomic E-state index is 12.1. The second kappa shape index (κ2) is 3.31. The Morgan fingerprint density at radius 3 is 2.94 bits per heavy atom. The number of pyridine rings is 1. The number of benzene rings is 1. The third kappa shape index (κ3) is 1.37. The lowest BCUT2D eigenvalue weighted by Gasteiger charge is -2.03. The smallest absolute Gasteiger partial charge is 0.270 e. The van der Waals surface area contributed by atoms with Gasteiger partial charge in [-0.05, 0) is 12.5 Å². The molecular weight excluding hydrogens is 222 g/mol. The number of non-ortho nitro benzene ring substituents is 1. The van der Waals surface area contributed by atoms with E-state index in [-0.39, 0.29) is 11.1 Å². The number of rotatable bonds is 1. The Labute approximate surface area is 95.4 Å². The first-order valence-corrected chi connectivity index (χ1v) is 5.24. The Hall–Kier alpha value is -2.37. The molecule has 1 aromatic heterocycles. The van der Waals surface area contributed by atoms with Gasteiger partial charge in [-0.15, -0.1) is 0 Å². The summed E-state index contributed by atoms with van der Waals surface area (Å²) in [5, 5.41) is 14.1. The lowest BCUT2D eigenvalue weighted by molar-refractivity contribution is -0.384. The number of anilines is 1. The summed E-state index contributed by atoms with van der Waals surface area (Å²) in [6, 6.07) is 4.28. The quantitative estimate of drug-likeness (QED) is 0.573. The van der Waals surface area contributed by atoms with Gasteiger partial charge < -0.3 is 10.3 Å². The van der Waals surface area contributed by atoms with Gasteiger partial charge in [-0.25, -0.2) is 0 Å². The molecule has 2 N–H and O–H groups in total. The summed E-state index contributed by atoms with van der Waals surface area (Å²) in [6.07, 6.45) is 0.656. The van der Waals surface area contributed by atoms with Gasteiger partial charge in [0, 0.05) is 24.2 Å². The number of nitro groups is 1. The zero-order valence-corrected chi connectivity index (χ0v) is 8.82. The lowest BCUT2D eigenvalue weighted by atomic mass is 10.1. The summed E-state index contributed by atoms with van der Waals surface area (Å²) in [6.45, 7) is 0.722. The number of nitrogens with zero attached hydrogens (tertiary/aromatic N) is 1. The van der Waals surface area contributed by atoms with Gasteiger partial charge in [0.05, 0.1) is 15.8 Å². The summed E-state index contributed by atoms with van der Waals surface area (Å²) >= 11 is 0. The molecule has 1 aromatic carbocycles. The molecule has 2 heterocycles. The van der Waals surface area contributed by atoms with Crippen molar-refractivity contribution in [2.45, 2.75) is 6.42 Å². The van der Waals surface area contributed by atoms with Crippen LogP contribution in [-0.4, -0.2) is 16.5 Å². The number of aromatic amines is 1. The van der Waals surface area contributed by atoms with E-state index in [2.05, 4.69) is 10.3 Å². The van der Waals surface area contributed by atoms with Gasteiger partial charge >= 0.3 is 0 Å². The molecule has 0 fully saturated rings. The molecule has 0 unspecified atom stereocenters. The molecule has 0 bridgehead atoms. The first-order chi connectivity index (χ1) is 8.16. The molecule has 17 heavy (non-hydrogen) atoms. The Morgan fingerprint density at radius 2 is 2.18 bits per heavy atom. The molecule has 0 spiro atoms. The first-order valence-electron chi connectivity index (χ1n) is 5.24. The van der Waals surface area contributed by atoms with Gasteiger partial charge in [-0.2, -0.15) is 0 Å². The van der Waals surface area contributed by atoms with Crippen LogP contribution < -0.4 is 10.7 Å². The topological polar surface area (TPSA) is 88.0 Å². The zero-order valence-electron chi connectivity index (χ0n) is 8.82. The minimum absolute atomic E-state index is 0.0612. The predicted octanol–water partition coefficient (Wildman–Crippen LogP) is 1.40. The summed E-state index contributed by atoms with van der Waals surface area (Å²) < 4.78 is 0. The van der Waals surface area contributed by atoms with Crippen molar-refractivity contribution in [1.29, 1.82) is 0 Å². The average Bonchev–Trinajstić information content (AvgIpc) is 2.77. The molecule has 1 aliphatic rings. The number of nitrogens with one attached hydrogen (secondary N) is 2. The van der Waals surface area contributed by atoms with Crippen LogP contribution in [0.3, 0.4) is 0 Å². The van der Waals surface area contributed by atoms with E-state index >= 15 is 0 Å². The van der Waals surface area contributed by atoms with Crippen molar-refractivity contribution in [3.63, 3.8) is 0 Å². The summed E-state index contributed by atoms with van der Waals surface area (Å²) in [7, 11) is 0. The van der Waals surface area contributed by atoms with Crippen LogP contribution in [0.2, 0.25) is 0 Å². The standard InChI is InChI=1S/C11H9N3O3/c15-10-7-3-4-12-11(7)13-9-2-1-6(14(16)17)5-8(9)10/h1-2,5H,3-4H2,(H2,12,13,15). The molecular formula is C11H9N3O3. The minimum atomic E-state index is -0.496. The van der Waals surface area contributed by atoms with Crippen LogP contribution in [0.4, 0.5) is 11.5 Å². The summed E-state index contributed by atoms with van der Waals surface area (Å²) in [5.41, 5.74) is 1.11. The van der Waals surface area contributed by atoms with E-state index in [1.807, 2.05) is 0 Å². The second-order valence-electron chi connectivity index (χ2n) is 3.97. The molecule has 0 saturated carbocycles. The number of fused-ring (bicyclic) bond motifs is 2. The molecule has 0 atom stereocenters. The number of H-pyrrole nitrogens is 1. The highest BCUT2D eigenvalue weighted by molar-refractivity contribution is 5.84. The molecule has 6 nitrogen and oxygen atoms in total. The Balaban J connectivity index is 2.37. The predicted molar refractivity (Wildman–Crippen MR) is 63.4 cm³/mol. The molecule has 1 aliphatic heterocycles. The van der Waals surface area contributed by atoms with E-state index in [0.717, 1.165) is 12.4 Å². The van der Waals surface area contributed by atoms with E-state index in [1.165, 1.54) is 12.1 Å². The molecule has 0 radical (unpaired) electrons. The first kappa shape index (κ1) is 9.83. The zero-order chi connectivity index (χ0) is 12.0. The van der Waals surface area contributed by atoms with Crippen LogP contribution in [0.1, 0.15) is 5.56 Å². The third-order valence-corrected chi connectivity index (χ3v) is 2.97. The monoisotopic (exact) mass is 231 g/mol. The number of nitro benzene ring substituents is 1. The van der Waals surface area contributed by atoms with Crippen LogP contribution in [-0.2, 0) is 6.42 Å². The lowest BCUT2D eigenvalue weighted by Crippen LogP contribution is -2.09. The van der Waals surface area contributed by atoms with Crippen molar-refractivity contribution in [3.05, 3.63) is 44.1 Å². The maximum Gasteiger partial charge on any atom is 0.270 e. The van der Waals surface area contributed by atoms with Gasteiger partial charge in [0.2, 0.25) is 0 Å². The van der Waals surface area contributed by atoms with Crippen LogP contribution in [0.5, 0.6) is 0 Å². The minimum Gasteiger partial charge on any atom is -0.371 e. The molecule has 86 valence electrons. The highest BCUT2D eigenvalue weighted by Crippen LogP contribution is 2.22. The number of hydrogen-bond acceptors (Lipinski definition) is 4. The Bertz CT molecular complexity index is 690. The SMILES string of the molecule is O=c1c2c([nH]c3ccc([N+](=O)[O-])cc13)NCC2. The van der Waals surface area contributed by atoms with Crippen molar-refractivity contribution < 1.29 is 4.92 Å². The van der Waals surface area contributed by atoms with Crippen molar-refractivity contribution in [1.82, 2.24) is 4.98 Å². The molecule has 3 rings (SSSR count). The van der Waals surface area contributed by atoms with Gasteiger partial charge in [0.1, 0.15) is 5.82 Å². The van der Waals surface area contributed by atoms with Crippen LogP contribution >= 0.6 is 0 Å². The van der Waals surface area contributed by atoms with E-state index in [9.17, 15) is 14.9 Å². The van der Waals surface area contributed by atoms with E-state index in [0.29, 0.717) is 22.9 Å². The van der Waals surface area contributed by atoms with Crippen molar-refractivity contribution >= 4 is 22.4 Å². The third-order valence-electron chi connectivity index (χ3n) is 2.97. The van der Waals surface area contributed by atoms with Crippen LogP contribution in [0.15, 0.2) is 23.0 Å². The summed E-state index contributed by atoms with van der Waals surface area (Å²) in [4.78, 5) is 25.4. The fraction of sp³-hybridized carbons (Fsp3) is 0.182. The van der Waals surface area contributed by atoms with Crippen LogP contribution in [0, 0.1) is 10.1 Å². The van der Waals surface area contributed by atoms with Gasteiger partial charge in [-0.1, -0.05) is 0 Å². The molecule has 0 aliphatic carbocycles. The molecule has 0 saturated heterocycles. The van der Waals surface area contributed by atoms with Gasteiger partial charge in [0.25, 0.3) is 5.69 Å². The van der Waals surface area contributed by atoms with Crippen molar-refractivity contribution in [3.8, 4) is 0 Å². The van der Waals surface area contributed by atoms with Crippen LogP contribution in [0.25, 0.3) is 10.9 Å². The van der Waals surface area contributed by atoms with E-state index < -0.39 is 4.92 Å². The average molecular weight is 231 g/mol. The highest BCUT2D eigenvalue weighted by Gasteiger charge is 2.18. The highest BCUT2D eigenvalue weighted by atomic mass is 16.6. The molecule has 6 heteroatoms. The van der Waals surface area contributed by atoms with Crippen molar-refractivity contribution in [2.75, 3.05) is 11.9 Å². The Kier molecular flexibility index (Phi) is 1.91. The van der Waals surface area contributed by atoms with E-state index in [4.69, 9.17) is 0 Å². The van der Waals surface area contributed by atoms with E-state index in [1.54, 1.807) is 6.07 Å². The van der Waals surface area contributed by atoms with Gasteiger partial charge in [0.15, 0.2) is 5.43 Å². The van der Waals surface area contributed by atoms with Crippen molar-refractivity contribution in [2.24, 2.45) is 0 Å². The molecule has 0 amide bonds. The normalized spacial score (nSPS) is 13.4. The molecule has 2 aromatic rings. The maximum absolute atomic E-state index is 12.1. The second-order valence-corrected chi connectivity index (χ2v) is 3.97. The van der Waals surface area contributed by atoms with Gasteiger partial charge in [-0.3, -0.25) is 14.9 Å². The summed E-state index contributed by atoms with van der Waals surface area (Å²) in [5.74, 6) is 0.733. The number of hydrogen-bond donors (Lipinski definition) is 2. The Morgan fingerprint density at radius 1 is 1.35 bits per heavy atom. The number of aromatic nitrogens is 1. The largest absolute Gasteiger partial charge is 0.371 e. The fourth-order valence-corrected chi connectivity index (χ4v) is 2.13. The fourth-order valence-electron chi connectivity index (χ4n) is 2.13.